The second kappa shape index (κ2) is 6.98. The quantitative estimate of drug-likeness (QED) is 0.892. The third-order valence-electron chi connectivity index (χ3n) is 3.13. The third-order valence-corrected chi connectivity index (χ3v) is 3.74. The van der Waals surface area contributed by atoms with Gasteiger partial charge in [0.1, 0.15) is 11.9 Å². The number of hydrogen-bond acceptors (Lipinski definition) is 2. The summed E-state index contributed by atoms with van der Waals surface area (Å²) in [5, 5.41) is 1.38. The Morgan fingerprint density at radius 2 is 1.85 bits per heavy atom. The molecule has 0 aromatic heterocycles. The molecule has 0 aliphatic rings. The van der Waals surface area contributed by atoms with Gasteiger partial charge in [-0.15, -0.1) is 0 Å². The van der Waals surface area contributed by atoms with Gasteiger partial charge >= 0.3 is 0 Å². The Morgan fingerprint density at radius 3 is 2.55 bits per heavy atom. The second-order valence-electron chi connectivity index (χ2n) is 4.74. The molecule has 2 atom stereocenters. The highest BCUT2D eigenvalue weighted by Crippen LogP contribution is 2.21. The van der Waals surface area contributed by atoms with E-state index in [0.717, 1.165) is 16.3 Å². The Morgan fingerprint density at radius 1 is 1.10 bits per heavy atom. The average Bonchev–Trinajstić information content (AvgIpc) is 2.41. The molecule has 0 fully saturated rings. The fourth-order valence-electron chi connectivity index (χ4n) is 1.93. The van der Waals surface area contributed by atoms with Crippen molar-refractivity contribution < 1.29 is 4.74 Å². The summed E-state index contributed by atoms with van der Waals surface area (Å²) in [6, 6.07) is 14.9. The molecule has 2 rings (SSSR count). The molecule has 0 saturated carbocycles. The van der Waals surface area contributed by atoms with E-state index in [1.54, 1.807) is 6.07 Å². The number of benzene rings is 2. The van der Waals surface area contributed by atoms with Crippen LogP contribution in [-0.4, -0.2) is 12.1 Å². The van der Waals surface area contributed by atoms with Crippen molar-refractivity contribution in [3.63, 3.8) is 0 Å². The Labute approximate surface area is 129 Å². The lowest BCUT2D eigenvalue weighted by Crippen LogP contribution is -2.38. The average molecular weight is 310 g/mol. The van der Waals surface area contributed by atoms with Crippen LogP contribution in [0.2, 0.25) is 10.0 Å². The van der Waals surface area contributed by atoms with Crippen LogP contribution in [0, 0.1) is 0 Å². The number of nitrogens with two attached hydrogens (primary N) is 1. The topological polar surface area (TPSA) is 35.2 Å². The maximum atomic E-state index is 6.19. The van der Waals surface area contributed by atoms with Crippen LogP contribution in [0.3, 0.4) is 0 Å². The van der Waals surface area contributed by atoms with E-state index in [9.17, 15) is 0 Å². The molecule has 0 bridgehead atoms. The summed E-state index contributed by atoms with van der Waals surface area (Å²) in [5.74, 6) is 0.722. The summed E-state index contributed by atoms with van der Waals surface area (Å²) in [6.45, 7) is 1.95. The Bertz CT molecular complexity index is 574. The Balaban J connectivity index is 1.99. The van der Waals surface area contributed by atoms with E-state index >= 15 is 0 Å². The molecular formula is C16H17Cl2NO. The van der Waals surface area contributed by atoms with Gasteiger partial charge in [0.2, 0.25) is 0 Å². The number of halogens is 2. The van der Waals surface area contributed by atoms with Crippen LogP contribution in [-0.2, 0) is 6.42 Å². The summed E-state index contributed by atoms with van der Waals surface area (Å²) >= 11 is 12.1. The van der Waals surface area contributed by atoms with Crippen molar-refractivity contribution in [1.29, 1.82) is 0 Å². The summed E-state index contributed by atoms with van der Waals surface area (Å²) < 4.78 is 5.82. The highest BCUT2D eigenvalue weighted by atomic mass is 35.5. The normalized spacial score (nSPS) is 13.8. The predicted octanol–water partition coefficient (Wildman–Crippen LogP) is 4.33. The van der Waals surface area contributed by atoms with Crippen molar-refractivity contribution in [3.8, 4) is 5.75 Å². The van der Waals surface area contributed by atoms with Gasteiger partial charge < -0.3 is 10.5 Å². The van der Waals surface area contributed by atoms with Crippen LogP contribution >= 0.6 is 23.2 Å². The third kappa shape index (κ3) is 4.14. The molecule has 0 amide bonds. The van der Waals surface area contributed by atoms with Crippen molar-refractivity contribution in [2.45, 2.75) is 25.5 Å². The molecule has 0 aliphatic carbocycles. The fourth-order valence-corrected chi connectivity index (χ4v) is 2.32. The van der Waals surface area contributed by atoms with Crippen molar-refractivity contribution >= 4 is 23.2 Å². The van der Waals surface area contributed by atoms with E-state index in [2.05, 4.69) is 0 Å². The van der Waals surface area contributed by atoms with Gasteiger partial charge in [-0.25, -0.2) is 0 Å². The molecule has 0 aliphatic heterocycles. The molecule has 0 heterocycles. The minimum Gasteiger partial charge on any atom is -0.489 e. The molecule has 0 saturated heterocycles. The van der Waals surface area contributed by atoms with Gasteiger partial charge in [0.05, 0.1) is 0 Å². The van der Waals surface area contributed by atoms with Crippen molar-refractivity contribution in [1.82, 2.24) is 0 Å². The first kappa shape index (κ1) is 15.2. The van der Waals surface area contributed by atoms with Crippen molar-refractivity contribution in [3.05, 3.63) is 64.1 Å². The van der Waals surface area contributed by atoms with Crippen LogP contribution in [0.25, 0.3) is 0 Å². The minimum atomic E-state index is -0.145. The Kier molecular flexibility index (Phi) is 5.30. The molecule has 20 heavy (non-hydrogen) atoms. The van der Waals surface area contributed by atoms with Crippen LogP contribution in [0.1, 0.15) is 12.5 Å². The molecular weight excluding hydrogens is 293 g/mol. The fraction of sp³-hybridized carbons (Fsp3) is 0.250. The van der Waals surface area contributed by atoms with Crippen molar-refractivity contribution in [2.24, 2.45) is 5.73 Å². The lowest BCUT2D eigenvalue weighted by molar-refractivity contribution is 0.189. The van der Waals surface area contributed by atoms with E-state index in [1.807, 2.05) is 49.4 Å². The highest BCUT2D eigenvalue weighted by molar-refractivity contribution is 6.31. The molecule has 2 unspecified atom stereocenters. The van der Waals surface area contributed by atoms with E-state index in [1.165, 1.54) is 0 Å². The molecule has 2 nitrogen and oxygen atoms in total. The number of hydrogen-bond donors (Lipinski definition) is 1. The van der Waals surface area contributed by atoms with Gasteiger partial charge in [-0.05, 0) is 43.2 Å². The first-order valence-electron chi connectivity index (χ1n) is 6.47. The summed E-state index contributed by atoms with van der Waals surface area (Å²) in [5.41, 5.74) is 7.22. The van der Waals surface area contributed by atoms with E-state index in [4.69, 9.17) is 33.7 Å². The van der Waals surface area contributed by atoms with Gasteiger partial charge in [0.25, 0.3) is 0 Å². The smallest absolute Gasteiger partial charge is 0.121 e. The molecule has 4 heteroatoms. The maximum Gasteiger partial charge on any atom is 0.121 e. The first-order chi connectivity index (χ1) is 9.56. The standard InChI is InChI=1S/C16H17Cl2NO/c1-11(20-14-7-4-6-13(17)10-14)16(19)9-12-5-2-3-8-15(12)18/h2-8,10-11,16H,9,19H2,1H3. The van der Waals surface area contributed by atoms with Crippen LogP contribution in [0.15, 0.2) is 48.5 Å². The van der Waals surface area contributed by atoms with Gasteiger partial charge in [0.15, 0.2) is 0 Å². The lowest BCUT2D eigenvalue weighted by Gasteiger charge is -2.22. The van der Waals surface area contributed by atoms with E-state index in [-0.39, 0.29) is 12.1 Å². The maximum absolute atomic E-state index is 6.19. The van der Waals surface area contributed by atoms with Crippen LogP contribution in [0.5, 0.6) is 5.75 Å². The summed E-state index contributed by atoms with van der Waals surface area (Å²) in [6.07, 6.45) is 0.534. The SMILES string of the molecule is CC(Oc1cccc(Cl)c1)C(N)Cc1ccccc1Cl. The lowest BCUT2D eigenvalue weighted by atomic mass is 10.0. The molecule has 2 N–H and O–H groups in total. The number of ether oxygens (including phenoxy) is 1. The zero-order chi connectivity index (χ0) is 14.5. The predicted molar refractivity (Wildman–Crippen MR) is 84.7 cm³/mol. The van der Waals surface area contributed by atoms with Crippen LogP contribution < -0.4 is 10.5 Å². The zero-order valence-corrected chi connectivity index (χ0v) is 12.7. The summed E-state index contributed by atoms with van der Waals surface area (Å²) in [4.78, 5) is 0. The van der Waals surface area contributed by atoms with Gasteiger partial charge in [-0.2, -0.15) is 0 Å². The zero-order valence-electron chi connectivity index (χ0n) is 11.2. The molecule has 0 spiro atoms. The van der Waals surface area contributed by atoms with Gasteiger partial charge in [0, 0.05) is 16.1 Å². The molecule has 106 valence electrons. The monoisotopic (exact) mass is 309 g/mol. The molecule has 2 aromatic carbocycles. The highest BCUT2D eigenvalue weighted by Gasteiger charge is 2.16. The largest absolute Gasteiger partial charge is 0.489 e. The first-order valence-corrected chi connectivity index (χ1v) is 7.23. The minimum absolute atomic E-state index is 0.135. The Hall–Kier alpha value is -1.22. The number of rotatable bonds is 5. The summed E-state index contributed by atoms with van der Waals surface area (Å²) in [7, 11) is 0. The van der Waals surface area contributed by atoms with Gasteiger partial charge in [-0.1, -0.05) is 47.5 Å². The van der Waals surface area contributed by atoms with Gasteiger partial charge in [-0.3, -0.25) is 0 Å². The second-order valence-corrected chi connectivity index (χ2v) is 5.58. The molecule has 2 aromatic rings. The van der Waals surface area contributed by atoms with Crippen LogP contribution in [0.4, 0.5) is 0 Å². The van der Waals surface area contributed by atoms with Crippen molar-refractivity contribution in [2.75, 3.05) is 0 Å². The van der Waals surface area contributed by atoms with E-state index < -0.39 is 0 Å². The molecule has 0 radical (unpaired) electrons. The van der Waals surface area contributed by atoms with E-state index in [0.29, 0.717) is 11.4 Å².